The van der Waals surface area contributed by atoms with Gasteiger partial charge >= 0.3 is 5.97 Å². The van der Waals surface area contributed by atoms with Crippen LogP contribution in [0.2, 0.25) is 0 Å². The summed E-state index contributed by atoms with van der Waals surface area (Å²) in [5.41, 5.74) is 0. The van der Waals surface area contributed by atoms with Crippen molar-refractivity contribution in [2.45, 2.75) is 40.2 Å². The molecule has 86 valence electrons. The van der Waals surface area contributed by atoms with Gasteiger partial charge < -0.3 is 9.64 Å². The van der Waals surface area contributed by atoms with E-state index in [2.05, 4.69) is 25.7 Å². The van der Waals surface area contributed by atoms with Crippen LogP contribution in [0.3, 0.4) is 0 Å². The third-order valence-electron chi connectivity index (χ3n) is 2.28. The van der Waals surface area contributed by atoms with Crippen LogP contribution < -0.4 is 4.90 Å². The molecule has 1 N–H and O–H groups in total. The van der Waals surface area contributed by atoms with Gasteiger partial charge in [0.25, 0.3) is 0 Å². The number of nitrogens with one attached hydrogen (secondary N) is 1. The van der Waals surface area contributed by atoms with Crippen LogP contribution in [-0.2, 0) is 9.53 Å². The minimum atomic E-state index is -0.258. The summed E-state index contributed by atoms with van der Waals surface area (Å²) in [5, 5.41) is 0. The van der Waals surface area contributed by atoms with Gasteiger partial charge in [0.1, 0.15) is 6.54 Å². The molecule has 0 aliphatic carbocycles. The molecule has 0 rings (SSSR count). The zero-order valence-electron chi connectivity index (χ0n) is 10.2. The van der Waals surface area contributed by atoms with E-state index in [1.54, 1.807) is 0 Å². The Morgan fingerprint density at radius 3 is 2.33 bits per heavy atom. The monoisotopic (exact) mass is 212 g/mol. The van der Waals surface area contributed by atoms with Gasteiger partial charge in [0, 0.05) is 6.92 Å². The van der Waals surface area contributed by atoms with Gasteiger partial charge in [-0.25, -0.2) is 0 Å². The van der Waals surface area contributed by atoms with E-state index in [1.165, 1.54) is 11.8 Å². The average Bonchev–Trinajstić information content (AvgIpc) is 2.22. The molecule has 0 aromatic carbocycles. The van der Waals surface area contributed by atoms with Crippen LogP contribution in [0.15, 0.2) is 0 Å². The van der Waals surface area contributed by atoms with Crippen LogP contribution in [0.25, 0.3) is 0 Å². The van der Waals surface area contributed by atoms with Crippen LogP contribution in [-0.4, -0.2) is 31.7 Å². The van der Waals surface area contributed by atoms with Gasteiger partial charge in [0.15, 0.2) is 6.10 Å². The highest BCUT2D eigenvalue weighted by Crippen LogP contribution is 1.95. The first-order valence-electron chi connectivity index (χ1n) is 5.63. The van der Waals surface area contributed by atoms with E-state index in [4.69, 9.17) is 4.74 Å². The lowest BCUT2D eigenvalue weighted by molar-refractivity contribution is -0.889. The predicted octanol–water partition coefficient (Wildman–Crippen LogP) is 0.256. The molecule has 0 aromatic rings. The zero-order chi connectivity index (χ0) is 11.7. The van der Waals surface area contributed by atoms with Gasteiger partial charge in [0.05, 0.1) is 13.1 Å². The number of carbonyl (C=O) groups is 1. The maximum absolute atomic E-state index is 10.7. The van der Waals surface area contributed by atoms with Crippen molar-refractivity contribution in [3.8, 4) is 11.8 Å². The first-order valence-corrected chi connectivity index (χ1v) is 5.63. The van der Waals surface area contributed by atoms with Crippen molar-refractivity contribution in [2.75, 3.05) is 19.6 Å². The SMILES string of the molecule is CC[C@@H](C#CC[NH+](CC)CC)OC(C)=O. The molecule has 1 atom stereocenters. The number of carbonyl (C=O) groups excluding carboxylic acids is 1. The fourth-order valence-electron chi connectivity index (χ4n) is 1.21. The molecule has 0 radical (unpaired) electrons. The summed E-state index contributed by atoms with van der Waals surface area (Å²) in [6.45, 7) is 10.6. The summed E-state index contributed by atoms with van der Waals surface area (Å²) in [7, 11) is 0. The van der Waals surface area contributed by atoms with Crippen molar-refractivity contribution in [3.05, 3.63) is 0 Å². The summed E-state index contributed by atoms with van der Waals surface area (Å²) < 4.78 is 5.03. The number of ether oxygens (including phenoxy) is 1. The standard InChI is InChI=1S/C12H21NO2/c1-5-12(15-11(4)14)9-8-10-13(6-2)7-3/h12H,5-7,10H2,1-4H3/p+1/t12-/m0/s1. The molecule has 3 nitrogen and oxygen atoms in total. The van der Waals surface area contributed by atoms with Crippen molar-refractivity contribution >= 4 is 5.97 Å². The van der Waals surface area contributed by atoms with E-state index in [1.807, 2.05) is 6.92 Å². The normalized spacial score (nSPS) is 11.8. The Kier molecular flexibility index (Phi) is 7.75. The highest BCUT2D eigenvalue weighted by Gasteiger charge is 2.05. The second-order valence-corrected chi connectivity index (χ2v) is 3.46. The Hall–Kier alpha value is -1.01. The molecule has 0 unspecified atom stereocenters. The lowest BCUT2D eigenvalue weighted by Gasteiger charge is -2.11. The third-order valence-corrected chi connectivity index (χ3v) is 2.28. The molecule has 0 heterocycles. The smallest absolute Gasteiger partial charge is 0.303 e. The highest BCUT2D eigenvalue weighted by molar-refractivity contribution is 5.66. The Bertz CT molecular complexity index is 236. The lowest BCUT2D eigenvalue weighted by Crippen LogP contribution is -3.11. The van der Waals surface area contributed by atoms with Crippen molar-refractivity contribution in [1.29, 1.82) is 0 Å². The Balaban J connectivity index is 4.05. The van der Waals surface area contributed by atoms with Crippen molar-refractivity contribution < 1.29 is 14.4 Å². The van der Waals surface area contributed by atoms with Gasteiger partial charge in [-0.15, -0.1) is 0 Å². The zero-order valence-corrected chi connectivity index (χ0v) is 10.2. The summed E-state index contributed by atoms with van der Waals surface area (Å²) in [6.07, 6.45) is 0.512. The molecular formula is C12H22NO2+. The molecule has 0 saturated heterocycles. The third kappa shape index (κ3) is 6.98. The number of esters is 1. The number of quaternary nitrogens is 1. The molecule has 0 fully saturated rings. The molecule has 0 amide bonds. The fraction of sp³-hybridized carbons (Fsp3) is 0.750. The second kappa shape index (κ2) is 8.31. The minimum Gasteiger partial charge on any atom is -0.449 e. The van der Waals surface area contributed by atoms with E-state index >= 15 is 0 Å². The molecule has 15 heavy (non-hydrogen) atoms. The first-order chi connectivity index (χ1) is 7.13. The fourth-order valence-corrected chi connectivity index (χ4v) is 1.21. The van der Waals surface area contributed by atoms with Crippen LogP contribution in [0.4, 0.5) is 0 Å². The minimum absolute atomic E-state index is 0.238. The Morgan fingerprint density at radius 2 is 1.93 bits per heavy atom. The Morgan fingerprint density at radius 1 is 1.33 bits per heavy atom. The van der Waals surface area contributed by atoms with Crippen molar-refractivity contribution in [2.24, 2.45) is 0 Å². The van der Waals surface area contributed by atoms with E-state index in [-0.39, 0.29) is 12.1 Å². The maximum Gasteiger partial charge on any atom is 0.303 e. The summed E-state index contributed by atoms with van der Waals surface area (Å²) >= 11 is 0. The highest BCUT2D eigenvalue weighted by atomic mass is 16.5. The molecular weight excluding hydrogens is 190 g/mol. The van der Waals surface area contributed by atoms with Gasteiger partial charge in [0.2, 0.25) is 0 Å². The average molecular weight is 212 g/mol. The Labute approximate surface area is 92.8 Å². The molecule has 0 aliphatic rings. The number of rotatable bonds is 5. The van der Waals surface area contributed by atoms with Gasteiger partial charge in [-0.05, 0) is 26.2 Å². The maximum atomic E-state index is 10.7. The largest absolute Gasteiger partial charge is 0.449 e. The topological polar surface area (TPSA) is 30.7 Å². The van der Waals surface area contributed by atoms with E-state index < -0.39 is 0 Å². The van der Waals surface area contributed by atoms with E-state index in [0.717, 1.165) is 26.1 Å². The van der Waals surface area contributed by atoms with E-state index in [9.17, 15) is 4.79 Å². The van der Waals surface area contributed by atoms with E-state index in [0.29, 0.717) is 0 Å². The molecule has 0 saturated carbocycles. The molecule has 0 bridgehead atoms. The van der Waals surface area contributed by atoms with Crippen LogP contribution >= 0.6 is 0 Å². The summed E-state index contributed by atoms with van der Waals surface area (Å²) in [5.74, 6) is 5.81. The molecule has 0 aromatic heterocycles. The van der Waals surface area contributed by atoms with Crippen molar-refractivity contribution in [3.63, 3.8) is 0 Å². The van der Waals surface area contributed by atoms with Gasteiger partial charge in [-0.3, -0.25) is 4.79 Å². The van der Waals surface area contributed by atoms with Crippen LogP contribution in [0, 0.1) is 11.8 Å². The molecule has 3 heteroatoms. The predicted molar refractivity (Wildman–Crippen MR) is 60.5 cm³/mol. The first kappa shape index (κ1) is 14.0. The van der Waals surface area contributed by atoms with Crippen LogP contribution in [0.5, 0.6) is 0 Å². The van der Waals surface area contributed by atoms with Gasteiger partial charge in [-0.2, -0.15) is 0 Å². The van der Waals surface area contributed by atoms with Gasteiger partial charge in [-0.1, -0.05) is 12.8 Å². The molecule has 0 aliphatic heterocycles. The summed E-state index contributed by atoms with van der Waals surface area (Å²) in [4.78, 5) is 12.2. The number of hydrogen-bond acceptors (Lipinski definition) is 2. The summed E-state index contributed by atoms with van der Waals surface area (Å²) in [6, 6.07) is 0. The molecule has 0 spiro atoms. The number of hydrogen-bond donors (Lipinski definition) is 1. The van der Waals surface area contributed by atoms with Crippen LogP contribution in [0.1, 0.15) is 34.1 Å². The van der Waals surface area contributed by atoms with Crippen molar-refractivity contribution in [1.82, 2.24) is 0 Å². The lowest BCUT2D eigenvalue weighted by atomic mass is 10.3. The quantitative estimate of drug-likeness (QED) is 0.523. The second-order valence-electron chi connectivity index (χ2n) is 3.46.